The van der Waals surface area contributed by atoms with E-state index in [9.17, 15) is 9.59 Å². The summed E-state index contributed by atoms with van der Waals surface area (Å²) in [5, 5.41) is 15.6. The monoisotopic (exact) mass is 313 g/mol. The molecule has 1 heterocycles. The lowest BCUT2D eigenvalue weighted by Gasteiger charge is -2.03. The fourth-order valence-corrected chi connectivity index (χ4v) is 1.79. The van der Waals surface area contributed by atoms with Crippen LogP contribution in [0.2, 0.25) is 10.0 Å². The number of anilines is 1. The molecule has 0 aliphatic heterocycles. The van der Waals surface area contributed by atoms with Gasteiger partial charge in [-0.05, 0) is 18.2 Å². The minimum atomic E-state index is -1.02. The smallest absolute Gasteiger partial charge is 0.325 e. The summed E-state index contributed by atoms with van der Waals surface area (Å²) in [5.41, 5.74) is 0.729. The van der Waals surface area contributed by atoms with Gasteiger partial charge in [-0.25, -0.2) is 0 Å². The first kappa shape index (κ1) is 14.4. The van der Waals surface area contributed by atoms with Crippen molar-refractivity contribution in [3.63, 3.8) is 0 Å². The van der Waals surface area contributed by atoms with Crippen LogP contribution in [0.25, 0.3) is 0 Å². The molecule has 0 fully saturated rings. The van der Waals surface area contributed by atoms with Crippen molar-refractivity contribution in [2.45, 2.75) is 6.54 Å². The van der Waals surface area contributed by atoms with E-state index in [-0.39, 0.29) is 11.6 Å². The summed E-state index contributed by atoms with van der Waals surface area (Å²) in [6.45, 7) is -0.275. The Morgan fingerprint density at radius 1 is 1.30 bits per heavy atom. The number of halogens is 2. The molecule has 2 N–H and O–H groups in total. The van der Waals surface area contributed by atoms with E-state index in [4.69, 9.17) is 28.3 Å². The SMILES string of the molecule is O=C(O)Cn1cc(NC(=O)c2ccc(Cl)c(Cl)c2)cn1. The molecular formula is C12H9Cl2N3O3. The van der Waals surface area contributed by atoms with Gasteiger partial charge in [-0.2, -0.15) is 5.10 Å². The predicted molar refractivity (Wildman–Crippen MR) is 74.3 cm³/mol. The average Bonchev–Trinajstić information content (AvgIpc) is 2.79. The van der Waals surface area contributed by atoms with Crippen LogP contribution in [0.3, 0.4) is 0 Å². The van der Waals surface area contributed by atoms with Gasteiger partial charge in [-0.3, -0.25) is 14.3 Å². The summed E-state index contributed by atoms with van der Waals surface area (Å²) in [5.74, 6) is -1.41. The van der Waals surface area contributed by atoms with Crippen LogP contribution in [0.15, 0.2) is 30.6 Å². The lowest BCUT2D eigenvalue weighted by Crippen LogP contribution is -2.12. The van der Waals surface area contributed by atoms with Gasteiger partial charge in [0.05, 0.1) is 21.9 Å². The highest BCUT2D eigenvalue weighted by atomic mass is 35.5. The summed E-state index contributed by atoms with van der Waals surface area (Å²) in [6, 6.07) is 4.50. The molecule has 2 rings (SSSR count). The Labute approximate surface area is 123 Å². The molecule has 0 saturated carbocycles. The number of carbonyl (C=O) groups is 2. The third-order valence-corrected chi connectivity index (χ3v) is 3.11. The molecule has 1 aromatic carbocycles. The number of carboxylic acid groups (broad SMARTS) is 1. The number of aliphatic carboxylic acids is 1. The molecule has 0 bridgehead atoms. The van der Waals surface area contributed by atoms with Crippen molar-refractivity contribution in [2.75, 3.05) is 5.32 Å². The van der Waals surface area contributed by atoms with Crippen LogP contribution in [-0.4, -0.2) is 26.8 Å². The number of hydrogen-bond acceptors (Lipinski definition) is 3. The molecule has 0 radical (unpaired) electrons. The van der Waals surface area contributed by atoms with E-state index in [1.165, 1.54) is 35.3 Å². The van der Waals surface area contributed by atoms with E-state index in [1.807, 2.05) is 0 Å². The molecule has 0 atom stereocenters. The Balaban J connectivity index is 2.09. The number of carboxylic acids is 1. The zero-order valence-corrected chi connectivity index (χ0v) is 11.5. The molecule has 104 valence electrons. The topological polar surface area (TPSA) is 84.2 Å². The highest BCUT2D eigenvalue weighted by Gasteiger charge is 2.10. The van der Waals surface area contributed by atoms with E-state index in [2.05, 4.69) is 10.4 Å². The second-order valence-corrected chi connectivity index (χ2v) is 4.72. The Hall–Kier alpha value is -2.05. The summed E-state index contributed by atoms with van der Waals surface area (Å²) >= 11 is 11.6. The van der Waals surface area contributed by atoms with Crippen molar-refractivity contribution in [1.82, 2.24) is 9.78 Å². The zero-order valence-electron chi connectivity index (χ0n) is 10.0. The van der Waals surface area contributed by atoms with Gasteiger partial charge in [-0.1, -0.05) is 23.2 Å². The van der Waals surface area contributed by atoms with Gasteiger partial charge in [0, 0.05) is 11.8 Å². The summed E-state index contributed by atoms with van der Waals surface area (Å²) in [4.78, 5) is 22.5. The molecule has 1 amide bonds. The van der Waals surface area contributed by atoms with E-state index in [0.29, 0.717) is 16.3 Å². The molecule has 8 heteroatoms. The first-order chi connectivity index (χ1) is 9.45. The molecule has 0 unspecified atom stereocenters. The van der Waals surface area contributed by atoms with Crippen molar-refractivity contribution in [3.8, 4) is 0 Å². The molecular weight excluding hydrogens is 305 g/mol. The fourth-order valence-electron chi connectivity index (χ4n) is 1.49. The van der Waals surface area contributed by atoms with Crippen molar-refractivity contribution in [1.29, 1.82) is 0 Å². The number of benzene rings is 1. The third-order valence-electron chi connectivity index (χ3n) is 2.37. The lowest BCUT2D eigenvalue weighted by atomic mass is 10.2. The van der Waals surface area contributed by atoms with Gasteiger partial charge in [0.2, 0.25) is 0 Å². The number of aromatic nitrogens is 2. The summed E-state index contributed by atoms with van der Waals surface area (Å²) < 4.78 is 1.20. The van der Waals surface area contributed by atoms with Gasteiger partial charge in [0.1, 0.15) is 6.54 Å². The van der Waals surface area contributed by atoms with Crippen LogP contribution in [0, 0.1) is 0 Å². The molecule has 0 saturated heterocycles. The maximum atomic E-state index is 11.9. The molecule has 1 aromatic heterocycles. The first-order valence-electron chi connectivity index (χ1n) is 5.46. The Bertz CT molecular complexity index is 670. The van der Waals surface area contributed by atoms with E-state index in [1.54, 1.807) is 0 Å². The van der Waals surface area contributed by atoms with E-state index < -0.39 is 11.9 Å². The van der Waals surface area contributed by atoms with Gasteiger partial charge < -0.3 is 10.4 Å². The molecule has 0 spiro atoms. The predicted octanol–water partition coefficient (Wildman–Crippen LogP) is 2.53. The Kier molecular flexibility index (Phi) is 4.26. The number of hydrogen-bond donors (Lipinski definition) is 2. The molecule has 0 aliphatic carbocycles. The summed E-state index contributed by atoms with van der Waals surface area (Å²) in [7, 11) is 0. The minimum absolute atomic E-state index is 0.275. The van der Waals surface area contributed by atoms with Crippen LogP contribution in [0.1, 0.15) is 10.4 Å². The number of carbonyl (C=O) groups excluding carboxylic acids is 1. The van der Waals surface area contributed by atoms with Crippen molar-refractivity contribution in [2.24, 2.45) is 0 Å². The molecule has 6 nitrogen and oxygen atoms in total. The summed E-state index contributed by atoms with van der Waals surface area (Å²) in [6.07, 6.45) is 2.78. The van der Waals surface area contributed by atoms with Gasteiger partial charge in [0.25, 0.3) is 5.91 Å². The second kappa shape index (κ2) is 5.94. The standard InChI is InChI=1S/C12H9Cl2N3O3/c13-9-2-1-7(3-10(9)14)12(20)16-8-4-15-17(5-8)6-11(18)19/h1-5H,6H2,(H,16,20)(H,18,19). The molecule has 2 aromatic rings. The van der Waals surface area contributed by atoms with Crippen molar-refractivity contribution >= 4 is 40.8 Å². The first-order valence-corrected chi connectivity index (χ1v) is 6.22. The maximum absolute atomic E-state index is 11.9. The highest BCUT2D eigenvalue weighted by molar-refractivity contribution is 6.42. The fraction of sp³-hybridized carbons (Fsp3) is 0.0833. The van der Waals surface area contributed by atoms with Gasteiger partial charge in [0.15, 0.2) is 0 Å². The van der Waals surface area contributed by atoms with Gasteiger partial charge in [-0.15, -0.1) is 0 Å². The maximum Gasteiger partial charge on any atom is 0.325 e. The number of nitrogens with zero attached hydrogens (tertiary/aromatic N) is 2. The van der Waals surface area contributed by atoms with Crippen LogP contribution in [0.4, 0.5) is 5.69 Å². The van der Waals surface area contributed by atoms with Gasteiger partial charge >= 0.3 is 5.97 Å². The van der Waals surface area contributed by atoms with Crippen LogP contribution < -0.4 is 5.32 Å². The van der Waals surface area contributed by atoms with Crippen LogP contribution in [-0.2, 0) is 11.3 Å². The quantitative estimate of drug-likeness (QED) is 0.908. The second-order valence-electron chi connectivity index (χ2n) is 3.90. The number of nitrogens with one attached hydrogen (secondary N) is 1. The van der Waals surface area contributed by atoms with Crippen LogP contribution in [0.5, 0.6) is 0 Å². The lowest BCUT2D eigenvalue weighted by molar-refractivity contribution is -0.137. The molecule has 20 heavy (non-hydrogen) atoms. The third kappa shape index (κ3) is 3.49. The minimum Gasteiger partial charge on any atom is -0.480 e. The Morgan fingerprint density at radius 3 is 2.70 bits per heavy atom. The zero-order chi connectivity index (χ0) is 14.7. The largest absolute Gasteiger partial charge is 0.480 e. The molecule has 0 aliphatic rings. The van der Waals surface area contributed by atoms with E-state index in [0.717, 1.165) is 0 Å². The number of amides is 1. The van der Waals surface area contributed by atoms with E-state index >= 15 is 0 Å². The van der Waals surface area contributed by atoms with Crippen molar-refractivity contribution < 1.29 is 14.7 Å². The number of rotatable bonds is 4. The Morgan fingerprint density at radius 2 is 2.05 bits per heavy atom. The average molecular weight is 314 g/mol. The van der Waals surface area contributed by atoms with Crippen LogP contribution >= 0.6 is 23.2 Å². The highest BCUT2D eigenvalue weighted by Crippen LogP contribution is 2.23. The normalized spacial score (nSPS) is 10.3. The van der Waals surface area contributed by atoms with Crippen molar-refractivity contribution in [3.05, 3.63) is 46.2 Å².